The highest BCUT2D eigenvalue weighted by molar-refractivity contribution is 8.18. The molecule has 1 aliphatic rings. The molecule has 5 nitrogen and oxygen atoms in total. The second kappa shape index (κ2) is 7.85. The van der Waals surface area contributed by atoms with Gasteiger partial charge in [0.05, 0.1) is 23.7 Å². The number of rotatable bonds is 5. The van der Waals surface area contributed by atoms with Crippen molar-refractivity contribution in [3.8, 4) is 5.75 Å². The number of ether oxygens (including phenoxy) is 1. The minimum atomic E-state index is -0.312. The number of aryl methyl sites for hydroxylation is 1. The lowest BCUT2D eigenvalue weighted by molar-refractivity contribution is -0.122. The molecule has 1 heterocycles. The Labute approximate surface area is 161 Å². The molecule has 1 N–H and O–H groups in total. The summed E-state index contributed by atoms with van der Waals surface area (Å²) in [5.41, 5.74) is 2.71. The monoisotopic (exact) mass is 388 g/mol. The van der Waals surface area contributed by atoms with Crippen LogP contribution in [-0.4, -0.2) is 29.8 Å². The normalized spacial score (nSPS) is 15.7. The van der Waals surface area contributed by atoms with Crippen LogP contribution >= 0.6 is 23.4 Å². The first kappa shape index (κ1) is 18.4. The van der Waals surface area contributed by atoms with Gasteiger partial charge in [-0.3, -0.25) is 14.5 Å². The number of carbonyl (C=O) groups is 2. The first-order valence-electron chi connectivity index (χ1n) is 7.87. The molecular weight excluding hydrogens is 372 g/mol. The van der Waals surface area contributed by atoms with Gasteiger partial charge in [-0.15, -0.1) is 0 Å². The molecule has 3 rings (SSSR count). The molecule has 0 radical (unpaired) electrons. The smallest absolute Gasteiger partial charge is 0.295 e. The number of nitrogens with one attached hydrogen (secondary N) is 1. The molecule has 0 bridgehead atoms. The van der Waals surface area contributed by atoms with E-state index in [0.29, 0.717) is 21.4 Å². The predicted octanol–water partition coefficient (Wildman–Crippen LogP) is 4.76. The number of anilines is 1. The number of benzene rings is 2. The lowest BCUT2D eigenvalue weighted by atomic mass is 10.1. The summed E-state index contributed by atoms with van der Waals surface area (Å²) in [7, 11) is 1.54. The summed E-state index contributed by atoms with van der Waals surface area (Å²) in [5.74, 6) is 0.247. The second-order valence-electron chi connectivity index (χ2n) is 5.70. The van der Waals surface area contributed by atoms with E-state index in [4.69, 9.17) is 16.3 Å². The van der Waals surface area contributed by atoms with Crippen LogP contribution in [0.25, 0.3) is 6.08 Å². The van der Waals surface area contributed by atoms with Gasteiger partial charge in [-0.05, 0) is 48.5 Å². The van der Waals surface area contributed by atoms with Crippen LogP contribution in [0, 0.1) is 6.92 Å². The molecule has 0 aliphatic carbocycles. The summed E-state index contributed by atoms with van der Waals surface area (Å²) in [4.78, 5) is 26.3. The molecule has 0 saturated carbocycles. The molecule has 0 aromatic heterocycles. The van der Waals surface area contributed by atoms with E-state index in [1.807, 2.05) is 31.2 Å². The largest absolute Gasteiger partial charge is 0.495 e. The van der Waals surface area contributed by atoms with Gasteiger partial charge in [0, 0.05) is 5.69 Å². The number of thioether (sulfide) groups is 1. The number of carbonyl (C=O) groups excluding carboxylic acids is 2. The van der Waals surface area contributed by atoms with Gasteiger partial charge < -0.3 is 10.1 Å². The highest BCUT2D eigenvalue weighted by Gasteiger charge is 2.34. The molecule has 7 heteroatoms. The fourth-order valence-electron chi connectivity index (χ4n) is 2.40. The Hall–Kier alpha value is -2.44. The van der Waals surface area contributed by atoms with E-state index in [1.165, 1.54) is 12.0 Å². The van der Waals surface area contributed by atoms with Crippen molar-refractivity contribution in [1.82, 2.24) is 4.90 Å². The summed E-state index contributed by atoms with van der Waals surface area (Å²) in [5, 5.41) is 3.18. The number of halogens is 1. The van der Waals surface area contributed by atoms with E-state index < -0.39 is 0 Å². The van der Waals surface area contributed by atoms with Gasteiger partial charge in [0.15, 0.2) is 0 Å². The third-order valence-corrected chi connectivity index (χ3v) is 5.04. The van der Waals surface area contributed by atoms with Gasteiger partial charge in [-0.25, -0.2) is 0 Å². The van der Waals surface area contributed by atoms with Gasteiger partial charge >= 0.3 is 0 Å². The van der Waals surface area contributed by atoms with Gasteiger partial charge in [0.1, 0.15) is 5.75 Å². The Morgan fingerprint density at radius 1 is 1.19 bits per heavy atom. The summed E-state index contributed by atoms with van der Waals surface area (Å²) < 4.78 is 5.10. The van der Waals surface area contributed by atoms with E-state index in [9.17, 15) is 9.59 Å². The Bertz CT molecular complexity index is 881. The van der Waals surface area contributed by atoms with Crippen LogP contribution in [0.3, 0.4) is 0 Å². The highest BCUT2D eigenvalue weighted by Crippen LogP contribution is 2.32. The van der Waals surface area contributed by atoms with Crippen LogP contribution in [0.1, 0.15) is 11.1 Å². The van der Waals surface area contributed by atoms with E-state index in [0.717, 1.165) is 22.9 Å². The van der Waals surface area contributed by atoms with Crippen molar-refractivity contribution in [3.63, 3.8) is 0 Å². The van der Waals surface area contributed by atoms with Gasteiger partial charge in [-0.2, -0.15) is 0 Å². The van der Waals surface area contributed by atoms with Crippen LogP contribution < -0.4 is 10.1 Å². The van der Waals surface area contributed by atoms with Crippen LogP contribution in [-0.2, 0) is 4.79 Å². The lowest BCUT2D eigenvalue weighted by Gasteiger charge is -2.15. The Balaban J connectivity index is 1.69. The highest BCUT2D eigenvalue weighted by atomic mass is 35.5. The molecule has 26 heavy (non-hydrogen) atoms. The molecule has 0 unspecified atom stereocenters. The molecule has 0 spiro atoms. The maximum absolute atomic E-state index is 12.5. The van der Waals surface area contributed by atoms with Crippen LogP contribution in [0.15, 0.2) is 47.4 Å². The Morgan fingerprint density at radius 3 is 2.58 bits per heavy atom. The van der Waals surface area contributed by atoms with E-state index in [-0.39, 0.29) is 17.8 Å². The molecule has 2 aromatic rings. The average molecular weight is 389 g/mol. The standard InChI is InChI=1S/C19H17ClN2O3S/c1-12-3-5-13(6-4-12)9-17-18(23)22(19(24)26-17)11-21-14-7-8-16(25-2)15(20)10-14/h3-10,21H,11H2,1-2H3/b17-9+. The number of imide groups is 1. The number of hydrogen-bond donors (Lipinski definition) is 1. The number of nitrogens with zero attached hydrogens (tertiary/aromatic N) is 1. The van der Waals surface area contributed by atoms with Crippen LogP contribution in [0.4, 0.5) is 10.5 Å². The first-order valence-corrected chi connectivity index (χ1v) is 9.07. The summed E-state index contributed by atoms with van der Waals surface area (Å²) in [6, 6.07) is 12.9. The summed E-state index contributed by atoms with van der Waals surface area (Å²) in [6.07, 6.45) is 1.73. The third kappa shape index (κ3) is 4.03. The van der Waals surface area contributed by atoms with Gasteiger partial charge in [-0.1, -0.05) is 41.4 Å². The Kier molecular flexibility index (Phi) is 5.54. The maximum atomic E-state index is 12.5. The molecule has 0 atom stereocenters. The summed E-state index contributed by atoms with van der Waals surface area (Å²) >= 11 is 7.02. The van der Waals surface area contributed by atoms with E-state index in [2.05, 4.69) is 5.32 Å². The zero-order valence-corrected chi connectivity index (χ0v) is 15.9. The van der Waals surface area contributed by atoms with Gasteiger partial charge in [0.25, 0.3) is 11.1 Å². The van der Waals surface area contributed by atoms with Crippen molar-refractivity contribution in [2.24, 2.45) is 0 Å². The fourth-order valence-corrected chi connectivity index (χ4v) is 3.49. The molecular formula is C19H17ClN2O3S. The number of hydrogen-bond acceptors (Lipinski definition) is 5. The topological polar surface area (TPSA) is 58.6 Å². The molecule has 1 fully saturated rings. The molecule has 1 aliphatic heterocycles. The minimum absolute atomic E-state index is 0.0680. The maximum Gasteiger partial charge on any atom is 0.295 e. The van der Waals surface area contributed by atoms with Crippen molar-refractivity contribution in [3.05, 3.63) is 63.5 Å². The molecule has 134 valence electrons. The number of methoxy groups -OCH3 is 1. The van der Waals surface area contributed by atoms with Crippen molar-refractivity contribution in [2.75, 3.05) is 19.1 Å². The average Bonchev–Trinajstić information content (AvgIpc) is 2.88. The Morgan fingerprint density at radius 2 is 1.92 bits per heavy atom. The van der Waals surface area contributed by atoms with Crippen LogP contribution in [0.5, 0.6) is 5.75 Å². The second-order valence-corrected chi connectivity index (χ2v) is 7.11. The van der Waals surface area contributed by atoms with Gasteiger partial charge in [0.2, 0.25) is 0 Å². The van der Waals surface area contributed by atoms with Crippen molar-refractivity contribution < 1.29 is 14.3 Å². The zero-order chi connectivity index (χ0) is 18.7. The number of amides is 2. The van der Waals surface area contributed by atoms with E-state index in [1.54, 1.807) is 24.3 Å². The lowest BCUT2D eigenvalue weighted by Crippen LogP contribution is -2.33. The van der Waals surface area contributed by atoms with Crippen molar-refractivity contribution in [2.45, 2.75) is 6.92 Å². The van der Waals surface area contributed by atoms with Crippen LogP contribution in [0.2, 0.25) is 5.02 Å². The molecule has 2 amide bonds. The SMILES string of the molecule is COc1ccc(NCN2C(=O)S/C(=C/c3ccc(C)cc3)C2=O)cc1Cl. The third-order valence-electron chi connectivity index (χ3n) is 3.84. The summed E-state index contributed by atoms with van der Waals surface area (Å²) in [6.45, 7) is 2.06. The zero-order valence-electron chi connectivity index (χ0n) is 14.3. The first-order chi connectivity index (χ1) is 12.5. The minimum Gasteiger partial charge on any atom is -0.495 e. The molecule has 2 aromatic carbocycles. The molecule has 1 saturated heterocycles. The van der Waals surface area contributed by atoms with E-state index >= 15 is 0 Å². The van der Waals surface area contributed by atoms with Crippen molar-refractivity contribution >= 4 is 46.3 Å². The quantitative estimate of drug-likeness (QED) is 0.748. The fraction of sp³-hybridized carbons (Fsp3) is 0.158. The van der Waals surface area contributed by atoms with Crippen molar-refractivity contribution in [1.29, 1.82) is 0 Å². The predicted molar refractivity (Wildman–Crippen MR) is 105 cm³/mol.